The molecule has 0 N–H and O–H groups in total. The minimum Gasteiger partial charge on any atom is -0.379 e. The number of epoxide rings is 1. The maximum absolute atomic E-state index is 5.80. The molecule has 1 rings (SSSR count). The van der Waals surface area contributed by atoms with Crippen molar-refractivity contribution >= 4 is 23.5 Å². The van der Waals surface area contributed by atoms with Crippen molar-refractivity contribution in [1.29, 1.82) is 0 Å². The second kappa shape index (κ2) is 9.92. The van der Waals surface area contributed by atoms with Crippen molar-refractivity contribution in [3.8, 4) is 0 Å². The number of hydrogen-bond donors (Lipinski definition) is 0. The summed E-state index contributed by atoms with van der Waals surface area (Å²) in [6, 6.07) is 0. The quantitative estimate of drug-likeness (QED) is 0.431. The Bertz CT molecular complexity index is 265. The highest BCUT2D eigenvalue weighted by Gasteiger charge is 2.24. The Morgan fingerprint density at radius 2 is 2.39 bits per heavy atom. The SMILES string of the molecule is C=C/C(=C\SC)SCC(COCC)OCC1CO1. The second-order valence-corrected chi connectivity index (χ2v) is 5.64. The van der Waals surface area contributed by atoms with Crippen molar-refractivity contribution in [2.45, 2.75) is 19.1 Å². The first-order valence-corrected chi connectivity index (χ1v) is 8.36. The summed E-state index contributed by atoms with van der Waals surface area (Å²) in [5.74, 6) is 0.880. The molecule has 18 heavy (non-hydrogen) atoms. The topological polar surface area (TPSA) is 31.0 Å². The predicted octanol–water partition coefficient (Wildman–Crippen LogP) is 2.93. The van der Waals surface area contributed by atoms with E-state index >= 15 is 0 Å². The van der Waals surface area contributed by atoms with Crippen LogP contribution in [0.25, 0.3) is 0 Å². The average molecular weight is 290 g/mol. The number of hydrogen-bond acceptors (Lipinski definition) is 5. The van der Waals surface area contributed by atoms with E-state index in [1.165, 1.54) is 4.91 Å². The van der Waals surface area contributed by atoms with Crippen molar-refractivity contribution in [3.63, 3.8) is 0 Å². The molecule has 1 heterocycles. The van der Waals surface area contributed by atoms with Crippen LogP contribution in [0.3, 0.4) is 0 Å². The summed E-state index contributed by atoms with van der Waals surface area (Å²) in [5, 5.41) is 2.10. The van der Waals surface area contributed by atoms with Crippen molar-refractivity contribution < 1.29 is 14.2 Å². The fourth-order valence-electron chi connectivity index (χ4n) is 1.25. The Hall–Kier alpha value is 0.0600. The molecule has 5 heteroatoms. The Kier molecular flexibility index (Phi) is 8.88. The number of ether oxygens (including phenoxy) is 3. The fourth-order valence-corrected chi connectivity index (χ4v) is 2.83. The average Bonchev–Trinajstić information content (AvgIpc) is 3.20. The van der Waals surface area contributed by atoms with Crippen molar-refractivity contribution in [2.75, 3.05) is 38.4 Å². The van der Waals surface area contributed by atoms with Crippen LogP contribution in [0.1, 0.15) is 6.92 Å². The lowest BCUT2D eigenvalue weighted by Gasteiger charge is -2.17. The van der Waals surface area contributed by atoms with Crippen LogP contribution in [0, 0.1) is 0 Å². The van der Waals surface area contributed by atoms with Crippen LogP contribution in [0.4, 0.5) is 0 Å². The van der Waals surface area contributed by atoms with Gasteiger partial charge in [0.2, 0.25) is 0 Å². The Balaban J connectivity index is 2.28. The normalized spacial score (nSPS) is 20.8. The summed E-state index contributed by atoms with van der Waals surface area (Å²) in [6.07, 6.45) is 4.34. The van der Waals surface area contributed by atoms with Crippen LogP contribution in [0.5, 0.6) is 0 Å². The first kappa shape index (κ1) is 16.1. The summed E-state index contributed by atoms with van der Waals surface area (Å²) in [4.78, 5) is 1.18. The van der Waals surface area contributed by atoms with Gasteiger partial charge in [-0.2, -0.15) is 0 Å². The van der Waals surface area contributed by atoms with E-state index in [0.29, 0.717) is 19.3 Å². The standard InChI is InChI=1S/C13H22O3S2/c1-4-13(10-17-3)18-9-12(6-14-5-2)16-8-11-7-15-11/h4,10-12H,1,5-9H2,2-3H3/b13-10+. The van der Waals surface area contributed by atoms with Crippen LogP contribution in [0.15, 0.2) is 23.0 Å². The van der Waals surface area contributed by atoms with Gasteiger partial charge in [0, 0.05) is 17.3 Å². The lowest BCUT2D eigenvalue weighted by Crippen LogP contribution is -2.24. The molecule has 0 aromatic rings. The Labute approximate surface area is 118 Å². The van der Waals surface area contributed by atoms with Crippen LogP contribution < -0.4 is 0 Å². The Morgan fingerprint density at radius 1 is 1.61 bits per heavy atom. The van der Waals surface area contributed by atoms with Gasteiger partial charge in [0.05, 0.1) is 25.9 Å². The molecular weight excluding hydrogens is 268 g/mol. The van der Waals surface area contributed by atoms with Gasteiger partial charge in [-0.3, -0.25) is 0 Å². The summed E-state index contributed by atoms with van der Waals surface area (Å²) < 4.78 is 16.4. The molecule has 0 saturated carbocycles. The van der Waals surface area contributed by atoms with Crippen molar-refractivity contribution in [3.05, 3.63) is 23.0 Å². The molecule has 0 spiro atoms. The third-order valence-electron chi connectivity index (χ3n) is 2.30. The first-order valence-electron chi connectivity index (χ1n) is 6.09. The lowest BCUT2D eigenvalue weighted by molar-refractivity contribution is -0.00593. The van der Waals surface area contributed by atoms with Crippen LogP contribution in [-0.4, -0.2) is 50.6 Å². The van der Waals surface area contributed by atoms with E-state index in [-0.39, 0.29) is 6.10 Å². The van der Waals surface area contributed by atoms with Gasteiger partial charge in [-0.25, -0.2) is 0 Å². The number of thioether (sulfide) groups is 2. The molecule has 1 saturated heterocycles. The molecular formula is C13H22O3S2. The molecule has 0 bridgehead atoms. The monoisotopic (exact) mass is 290 g/mol. The van der Waals surface area contributed by atoms with Crippen LogP contribution in [0.2, 0.25) is 0 Å². The third-order valence-corrected chi connectivity index (χ3v) is 4.09. The van der Waals surface area contributed by atoms with E-state index < -0.39 is 0 Å². The first-order chi connectivity index (χ1) is 8.80. The summed E-state index contributed by atoms with van der Waals surface area (Å²) in [5.41, 5.74) is 0. The van der Waals surface area contributed by atoms with Crippen LogP contribution in [-0.2, 0) is 14.2 Å². The third kappa shape index (κ3) is 7.48. The van der Waals surface area contributed by atoms with E-state index in [0.717, 1.165) is 19.0 Å². The van der Waals surface area contributed by atoms with Gasteiger partial charge in [-0.1, -0.05) is 12.7 Å². The summed E-state index contributed by atoms with van der Waals surface area (Å²) in [6.45, 7) is 8.67. The molecule has 0 aliphatic carbocycles. The molecule has 3 nitrogen and oxygen atoms in total. The van der Waals surface area contributed by atoms with Gasteiger partial charge in [0.25, 0.3) is 0 Å². The lowest BCUT2D eigenvalue weighted by atomic mass is 10.4. The molecule has 1 fully saturated rings. The Morgan fingerprint density at radius 3 is 2.94 bits per heavy atom. The molecule has 2 atom stereocenters. The maximum Gasteiger partial charge on any atom is 0.104 e. The minimum absolute atomic E-state index is 0.115. The summed E-state index contributed by atoms with van der Waals surface area (Å²) >= 11 is 3.44. The zero-order valence-corrected chi connectivity index (χ0v) is 12.7. The van der Waals surface area contributed by atoms with Gasteiger partial charge in [0.15, 0.2) is 0 Å². The highest BCUT2D eigenvalue weighted by molar-refractivity contribution is 8.06. The zero-order valence-electron chi connectivity index (χ0n) is 11.1. The van der Waals surface area contributed by atoms with Crippen molar-refractivity contribution in [1.82, 2.24) is 0 Å². The number of rotatable bonds is 11. The smallest absolute Gasteiger partial charge is 0.104 e. The molecule has 2 unspecified atom stereocenters. The van der Waals surface area contributed by atoms with Crippen molar-refractivity contribution in [2.24, 2.45) is 0 Å². The van der Waals surface area contributed by atoms with E-state index in [1.807, 2.05) is 19.3 Å². The molecule has 0 radical (unpaired) electrons. The highest BCUT2D eigenvalue weighted by atomic mass is 32.2. The van der Waals surface area contributed by atoms with Crippen LogP contribution >= 0.6 is 23.5 Å². The van der Waals surface area contributed by atoms with Gasteiger partial charge < -0.3 is 14.2 Å². The van der Waals surface area contributed by atoms with E-state index in [4.69, 9.17) is 14.2 Å². The molecule has 1 aliphatic rings. The highest BCUT2D eigenvalue weighted by Crippen LogP contribution is 2.22. The van der Waals surface area contributed by atoms with Gasteiger partial charge in [-0.15, -0.1) is 23.5 Å². The largest absolute Gasteiger partial charge is 0.379 e. The molecule has 1 aliphatic heterocycles. The zero-order chi connectivity index (χ0) is 13.2. The van der Waals surface area contributed by atoms with E-state index in [9.17, 15) is 0 Å². The number of allylic oxidation sites excluding steroid dienone is 1. The molecule has 0 amide bonds. The predicted molar refractivity (Wildman–Crippen MR) is 80.2 cm³/mol. The molecule has 0 aromatic carbocycles. The molecule has 104 valence electrons. The van der Waals surface area contributed by atoms with Gasteiger partial charge >= 0.3 is 0 Å². The maximum atomic E-state index is 5.80. The minimum atomic E-state index is 0.115. The molecule has 0 aromatic heterocycles. The van der Waals surface area contributed by atoms with E-state index in [1.54, 1.807) is 23.5 Å². The summed E-state index contributed by atoms with van der Waals surface area (Å²) in [7, 11) is 0. The fraction of sp³-hybridized carbons (Fsp3) is 0.692. The van der Waals surface area contributed by atoms with Gasteiger partial charge in [-0.05, 0) is 18.6 Å². The second-order valence-electron chi connectivity index (χ2n) is 3.84. The van der Waals surface area contributed by atoms with Gasteiger partial charge in [0.1, 0.15) is 6.10 Å². The van der Waals surface area contributed by atoms with E-state index in [2.05, 4.69) is 12.0 Å².